The zero-order chi connectivity index (χ0) is 19.5. The number of anilines is 2. The van der Waals surface area contributed by atoms with Crippen molar-refractivity contribution in [2.24, 2.45) is 0 Å². The van der Waals surface area contributed by atoms with Crippen LogP contribution in [0.5, 0.6) is 0 Å². The van der Waals surface area contributed by atoms with Crippen molar-refractivity contribution in [3.05, 3.63) is 76.3 Å². The first-order chi connectivity index (χ1) is 13.6. The van der Waals surface area contributed by atoms with Gasteiger partial charge < -0.3 is 5.32 Å². The monoisotopic (exact) mass is 391 g/mol. The van der Waals surface area contributed by atoms with E-state index >= 15 is 0 Å². The van der Waals surface area contributed by atoms with Gasteiger partial charge in [-0.1, -0.05) is 35.9 Å². The van der Waals surface area contributed by atoms with Crippen molar-refractivity contribution in [3.8, 4) is 0 Å². The molecule has 0 aliphatic heterocycles. The summed E-state index contributed by atoms with van der Waals surface area (Å²) in [7, 11) is 0. The molecule has 0 fully saturated rings. The molecule has 5 nitrogen and oxygen atoms in total. The van der Waals surface area contributed by atoms with Crippen LogP contribution in [0.1, 0.15) is 45.3 Å². The molecule has 0 saturated carbocycles. The molecule has 4 rings (SSSR count). The van der Waals surface area contributed by atoms with Crippen LogP contribution < -0.4 is 10.6 Å². The summed E-state index contributed by atoms with van der Waals surface area (Å²) >= 11 is 1.47. The molecule has 1 aromatic heterocycles. The van der Waals surface area contributed by atoms with E-state index in [0.29, 0.717) is 10.7 Å². The van der Waals surface area contributed by atoms with Crippen molar-refractivity contribution in [1.82, 2.24) is 4.98 Å². The number of nitrogens with zero attached hydrogens (tertiary/aromatic N) is 1. The molecule has 28 heavy (non-hydrogen) atoms. The molecule has 1 aliphatic carbocycles. The van der Waals surface area contributed by atoms with E-state index in [1.807, 2.05) is 49.4 Å². The highest BCUT2D eigenvalue weighted by atomic mass is 32.1. The number of carbonyl (C=O) groups excluding carboxylic acids is 2. The van der Waals surface area contributed by atoms with E-state index in [-0.39, 0.29) is 17.7 Å². The van der Waals surface area contributed by atoms with Crippen molar-refractivity contribution in [3.63, 3.8) is 0 Å². The third kappa shape index (κ3) is 3.97. The number of thiazole rings is 1. The van der Waals surface area contributed by atoms with Gasteiger partial charge in [0, 0.05) is 16.1 Å². The minimum Gasteiger partial charge on any atom is -0.326 e. The number of rotatable bonds is 4. The third-order valence-electron chi connectivity index (χ3n) is 4.85. The Bertz CT molecular complexity index is 996. The highest BCUT2D eigenvalue weighted by molar-refractivity contribution is 7.16. The first-order valence-corrected chi connectivity index (χ1v) is 10.2. The average Bonchev–Trinajstić information content (AvgIpc) is 3.11. The van der Waals surface area contributed by atoms with Gasteiger partial charge in [-0.3, -0.25) is 14.9 Å². The molecule has 1 aliphatic rings. The number of aromatic nitrogens is 1. The Morgan fingerprint density at radius 3 is 2.54 bits per heavy atom. The van der Waals surface area contributed by atoms with Crippen LogP contribution in [0, 0.1) is 6.92 Å². The Morgan fingerprint density at radius 2 is 1.79 bits per heavy atom. The van der Waals surface area contributed by atoms with Gasteiger partial charge in [0.2, 0.25) is 5.91 Å². The van der Waals surface area contributed by atoms with Crippen LogP contribution >= 0.6 is 11.3 Å². The molecular formula is C22H21N3O2S. The minimum absolute atomic E-state index is 0.0474. The summed E-state index contributed by atoms with van der Waals surface area (Å²) in [6, 6.07) is 16.9. The lowest BCUT2D eigenvalue weighted by Gasteiger charge is -2.20. The van der Waals surface area contributed by atoms with E-state index in [1.54, 1.807) is 12.1 Å². The van der Waals surface area contributed by atoms with E-state index in [2.05, 4.69) is 15.6 Å². The van der Waals surface area contributed by atoms with Crippen molar-refractivity contribution in [2.45, 2.75) is 32.1 Å². The number of fused-ring (bicyclic) bond motifs is 1. The van der Waals surface area contributed by atoms with E-state index in [0.717, 1.165) is 41.1 Å². The average molecular weight is 391 g/mol. The molecule has 3 aromatic rings. The molecule has 2 aromatic carbocycles. The van der Waals surface area contributed by atoms with Gasteiger partial charge in [0.05, 0.1) is 11.6 Å². The van der Waals surface area contributed by atoms with E-state index in [9.17, 15) is 9.59 Å². The lowest BCUT2D eigenvalue weighted by Crippen LogP contribution is -2.24. The number of hydrogen-bond acceptors (Lipinski definition) is 4. The number of para-hydroxylation sites is 1. The number of amides is 2. The van der Waals surface area contributed by atoms with E-state index in [1.165, 1.54) is 11.3 Å². The van der Waals surface area contributed by atoms with Gasteiger partial charge in [-0.05, 0) is 50.5 Å². The molecule has 0 spiro atoms. The summed E-state index contributed by atoms with van der Waals surface area (Å²) in [5.41, 5.74) is 3.28. The van der Waals surface area contributed by atoms with Gasteiger partial charge in [-0.25, -0.2) is 4.98 Å². The smallest absolute Gasteiger partial charge is 0.257 e. The van der Waals surface area contributed by atoms with Gasteiger partial charge >= 0.3 is 0 Å². The molecule has 0 radical (unpaired) electrons. The van der Waals surface area contributed by atoms with Gasteiger partial charge in [-0.15, -0.1) is 11.3 Å². The molecule has 1 atom stereocenters. The molecule has 0 bridgehead atoms. The Labute approximate surface area is 167 Å². The van der Waals surface area contributed by atoms with Crippen molar-refractivity contribution < 1.29 is 9.59 Å². The summed E-state index contributed by atoms with van der Waals surface area (Å²) in [4.78, 5) is 30.9. The molecule has 2 amide bonds. The summed E-state index contributed by atoms with van der Waals surface area (Å²) in [5, 5.41) is 6.40. The largest absolute Gasteiger partial charge is 0.326 e. The second-order valence-corrected chi connectivity index (χ2v) is 8.03. The maximum absolute atomic E-state index is 12.8. The highest BCUT2D eigenvalue weighted by Gasteiger charge is 2.30. The van der Waals surface area contributed by atoms with Crippen LogP contribution in [0.3, 0.4) is 0 Å². The minimum atomic E-state index is -0.287. The van der Waals surface area contributed by atoms with Crippen molar-refractivity contribution in [2.75, 3.05) is 10.6 Å². The predicted molar refractivity (Wildman–Crippen MR) is 112 cm³/mol. The maximum Gasteiger partial charge on any atom is 0.257 e. The Morgan fingerprint density at radius 1 is 1.04 bits per heavy atom. The summed E-state index contributed by atoms with van der Waals surface area (Å²) in [6.07, 6.45) is 2.59. The summed E-state index contributed by atoms with van der Waals surface area (Å²) in [6.45, 7) is 1.98. The Hall–Kier alpha value is -2.99. The van der Waals surface area contributed by atoms with Crippen LogP contribution in [0.15, 0.2) is 54.6 Å². The number of hydrogen-bond donors (Lipinski definition) is 2. The number of benzene rings is 2. The standard InChI is InChI=1S/C22H21N3O2S/c1-14-10-12-15(13-11-14)20(26)25-22-24-19-17(8-5-9-18(19)28-22)21(27)23-16-6-3-2-4-7-16/h2-4,6-7,10-13,17H,5,8-9H2,1H3,(H,23,27)(H,24,25,26). The number of carbonyl (C=O) groups is 2. The quantitative estimate of drug-likeness (QED) is 0.673. The maximum atomic E-state index is 12.8. The molecular weight excluding hydrogens is 370 g/mol. The van der Waals surface area contributed by atoms with Gasteiger partial charge in [-0.2, -0.15) is 0 Å². The van der Waals surface area contributed by atoms with Crippen molar-refractivity contribution >= 4 is 34.0 Å². The summed E-state index contributed by atoms with van der Waals surface area (Å²) in [5.74, 6) is -0.518. The van der Waals surface area contributed by atoms with Gasteiger partial charge in [0.15, 0.2) is 5.13 Å². The van der Waals surface area contributed by atoms with Gasteiger partial charge in [0.25, 0.3) is 5.91 Å². The number of nitrogens with one attached hydrogen (secondary N) is 2. The van der Waals surface area contributed by atoms with E-state index < -0.39 is 0 Å². The van der Waals surface area contributed by atoms with Crippen molar-refractivity contribution in [1.29, 1.82) is 0 Å². The lowest BCUT2D eigenvalue weighted by atomic mass is 9.90. The molecule has 2 N–H and O–H groups in total. The molecule has 1 unspecified atom stereocenters. The third-order valence-corrected chi connectivity index (χ3v) is 5.89. The van der Waals surface area contributed by atoms with Crippen LogP contribution in [0.4, 0.5) is 10.8 Å². The topological polar surface area (TPSA) is 71.1 Å². The Kier molecular flexibility index (Phi) is 5.21. The van der Waals surface area contributed by atoms with E-state index in [4.69, 9.17) is 0 Å². The fourth-order valence-electron chi connectivity index (χ4n) is 3.35. The highest BCUT2D eigenvalue weighted by Crippen LogP contribution is 2.37. The fraction of sp³-hybridized carbons (Fsp3) is 0.227. The zero-order valence-corrected chi connectivity index (χ0v) is 16.4. The lowest BCUT2D eigenvalue weighted by molar-refractivity contribution is -0.117. The van der Waals surface area contributed by atoms with Gasteiger partial charge in [0.1, 0.15) is 0 Å². The predicted octanol–water partition coefficient (Wildman–Crippen LogP) is 4.76. The summed E-state index contributed by atoms with van der Waals surface area (Å²) < 4.78 is 0. The van der Waals surface area contributed by atoms with Crippen LogP contribution in [0.25, 0.3) is 0 Å². The second kappa shape index (κ2) is 7.94. The SMILES string of the molecule is Cc1ccc(C(=O)Nc2nc3c(s2)CCCC3C(=O)Nc2ccccc2)cc1. The number of aryl methyl sites for hydroxylation is 2. The normalized spacial score (nSPS) is 15.5. The molecule has 1 heterocycles. The first-order valence-electron chi connectivity index (χ1n) is 9.33. The Balaban J connectivity index is 1.50. The fourth-order valence-corrected chi connectivity index (χ4v) is 4.41. The van der Waals surface area contributed by atoms with Crippen LogP contribution in [0.2, 0.25) is 0 Å². The second-order valence-electron chi connectivity index (χ2n) is 6.95. The molecule has 142 valence electrons. The van der Waals surface area contributed by atoms with Crippen LogP contribution in [-0.2, 0) is 11.2 Å². The van der Waals surface area contributed by atoms with Crippen LogP contribution in [-0.4, -0.2) is 16.8 Å². The molecule has 6 heteroatoms. The zero-order valence-electron chi connectivity index (χ0n) is 15.6. The first kappa shape index (κ1) is 18.4. The molecule has 0 saturated heterocycles.